The van der Waals surface area contributed by atoms with Gasteiger partial charge in [-0.15, -0.1) is 22.7 Å². The molecule has 0 atom stereocenters. The summed E-state index contributed by atoms with van der Waals surface area (Å²) in [5.41, 5.74) is 5.42. The highest BCUT2D eigenvalue weighted by atomic mass is 79.9. The van der Waals surface area contributed by atoms with E-state index in [0.717, 1.165) is 50.6 Å². The van der Waals surface area contributed by atoms with E-state index in [2.05, 4.69) is 40.6 Å². The molecule has 0 aliphatic heterocycles. The molecule has 2 N–H and O–H groups in total. The van der Waals surface area contributed by atoms with Crippen LogP contribution in [0.1, 0.15) is 16.0 Å². The van der Waals surface area contributed by atoms with Gasteiger partial charge in [-0.2, -0.15) is 8.75 Å². The van der Waals surface area contributed by atoms with Crippen molar-refractivity contribution in [2.75, 3.05) is 0 Å². The number of benzene rings is 1. The van der Waals surface area contributed by atoms with Gasteiger partial charge in [0.2, 0.25) is 0 Å². The van der Waals surface area contributed by atoms with Crippen LogP contribution in [-0.2, 0) is 0 Å². The van der Waals surface area contributed by atoms with Crippen LogP contribution in [0.15, 0.2) is 37.9 Å². The Kier molecular flexibility index (Phi) is 4.25. The van der Waals surface area contributed by atoms with Crippen molar-refractivity contribution in [3.8, 4) is 10.4 Å². The fraction of sp³-hybridized carbons (Fsp3) is 0. The van der Waals surface area contributed by atoms with Gasteiger partial charge in [0.25, 0.3) is 0 Å². The number of aromatic nitrogens is 2. The Morgan fingerprint density at radius 3 is 2.11 bits per heavy atom. The van der Waals surface area contributed by atoms with Crippen molar-refractivity contribution in [1.29, 1.82) is 10.8 Å². The second kappa shape index (κ2) is 6.52. The highest BCUT2D eigenvalue weighted by Crippen LogP contribution is 2.41. The van der Waals surface area contributed by atoms with Crippen molar-refractivity contribution in [2.45, 2.75) is 0 Å². The zero-order valence-electron chi connectivity index (χ0n) is 13.3. The molecule has 3 heterocycles. The number of fused-ring (bicyclic) bond motifs is 3. The van der Waals surface area contributed by atoms with E-state index in [9.17, 15) is 0 Å². The molecule has 0 radical (unpaired) electrons. The topological polar surface area (TPSA) is 73.5 Å². The van der Waals surface area contributed by atoms with E-state index in [4.69, 9.17) is 10.8 Å². The summed E-state index contributed by atoms with van der Waals surface area (Å²) in [5.74, 6) is 0. The Labute approximate surface area is 183 Å². The predicted octanol–water partition coefficient (Wildman–Crippen LogP) is 6.95. The van der Waals surface area contributed by atoms with Gasteiger partial charge in [-0.3, -0.25) is 10.8 Å². The molecule has 0 amide bonds. The second-order valence-electron chi connectivity index (χ2n) is 5.86. The molecule has 0 saturated carbocycles. The van der Waals surface area contributed by atoms with Crippen LogP contribution in [0.25, 0.3) is 33.1 Å². The standard InChI is InChI=1S/C18H8Br2N4S3/c19-13-3-1-11(25-13)9-6-8-7(15(21)16(9)22)5-10(12-2-4-14(20)26-12)18-17(8)23-27-24-18/h1-6,21-22H. The molecule has 5 rings (SSSR count). The average molecular weight is 536 g/mol. The smallest absolute Gasteiger partial charge is 0.114 e. The average Bonchev–Trinajstić information content (AvgIpc) is 3.38. The molecular weight excluding hydrogens is 528 g/mol. The number of halogens is 2. The van der Waals surface area contributed by atoms with Crippen molar-refractivity contribution in [2.24, 2.45) is 0 Å². The lowest BCUT2D eigenvalue weighted by atomic mass is 9.86. The van der Waals surface area contributed by atoms with Crippen molar-refractivity contribution in [3.63, 3.8) is 0 Å². The zero-order valence-corrected chi connectivity index (χ0v) is 19.0. The molecule has 27 heavy (non-hydrogen) atoms. The zero-order chi connectivity index (χ0) is 18.7. The second-order valence-corrected chi connectivity index (χ2v) is 11.3. The third kappa shape index (κ3) is 2.80. The lowest BCUT2D eigenvalue weighted by molar-refractivity contribution is 1.46. The molecule has 1 aromatic carbocycles. The molecular formula is C18H8Br2N4S3. The summed E-state index contributed by atoms with van der Waals surface area (Å²) < 4.78 is 11.1. The Morgan fingerprint density at radius 2 is 1.44 bits per heavy atom. The summed E-state index contributed by atoms with van der Waals surface area (Å²) in [6, 6.07) is 9.96. The van der Waals surface area contributed by atoms with Crippen LogP contribution in [0, 0.1) is 10.8 Å². The van der Waals surface area contributed by atoms with Crippen LogP contribution in [-0.4, -0.2) is 20.2 Å². The minimum atomic E-state index is 0.221. The van der Waals surface area contributed by atoms with Gasteiger partial charge in [0, 0.05) is 32.0 Å². The van der Waals surface area contributed by atoms with E-state index in [-0.39, 0.29) is 11.4 Å². The SMILES string of the molecule is N=C1C(=N)c2cc(-c3ccc(Br)s3)c3nsnc3c2C=C1c1ccc(Br)s1. The molecule has 4 nitrogen and oxygen atoms in total. The number of nitrogens with zero attached hydrogens (tertiary/aromatic N) is 2. The Bertz CT molecular complexity index is 1300. The fourth-order valence-electron chi connectivity index (χ4n) is 3.10. The van der Waals surface area contributed by atoms with Gasteiger partial charge in [0.05, 0.1) is 30.7 Å². The summed E-state index contributed by atoms with van der Waals surface area (Å²) >= 11 is 11.4. The van der Waals surface area contributed by atoms with E-state index in [1.54, 1.807) is 22.7 Å². The van der Waals surface area contributed by atoms with Crippen molar-refractivity contribution in [3.05, 3.63) is 53.9 Å². The summed E-state index contributed by atoms with van der Waals surface area (Å²) in [6.07, 6.45) is 1.98. The molecule has 4 aromatic rings. The number of thiophene rings is 2. The van der Waals surface area contributed by atoms with Gasteiger partial charge in [0.1, 0.15) is 11.0 Å². The summed E-state index contributed by atoms with van der Waals surface area (Å²) in [6.45, 7) is 0. The quantitative estimate of drug-likeness (QED) is 0.291. The van der Waals surface area contributed by atoms with E-state index < -0.39 is 0 Å². The van der Waals surface area contributed by atoms with Crippen LogP contribution in [0.2, 0.25) is 0 Å². The Balaban J connectivity index is 1.80. The van der Waals surface area contributed by atoms with E-state index in [1.165, 1.54) is 11.7 Å². The molecule has 0 saturated heterocycles. The van der Waals surface area contributed by atoms with Gasteiger partial charge < -0.3 is 0 Å². The molecule has 1 aliphatic rings. The third-order valence-corrected chi connectivity index (χ3v) is 8.17. The highest BCUT2D eigenvalue weighted by molar-refractivity contribution is 9.11. The number of hydrogen-bond acceptors (Lipinski definition) is 7. The van der Waals surface area contributed by atoms with E-state index >= 15 is 0 Å². The van der Waals surface area contributed by atoms with Gasteiger partial charge in [0.15, 0.2) is 0 Å². The van der Waals surface area contributed by atoms with Crippen LogP contribution in [0.3, 0.4) is 0 Å². The van der Waals surface area contributed by atoms with Crippen LogP contribution < -0.4 is 0 Å². The highest BCUT2D eigenvalue weighted by Gasteiger charge is 2.27. The van der Waals surface area contributed by atoms with E-state index in [1.807, 2.05) is 36.4 Å². The molecule has 132 valence electrons. The first-order valence-corrected chi connectivity index (χ1v) is 11.7. The van der Waals surface area contributed by atoms with Crippen LogP contribution in [0.5, 0.6) is 0 Å². The lowest BCUT2D eigenvalue weighted by Gasteiger charge is -2.19. The molecule has 3 aromatic heterocycles. The van der Waals surface area contributed by atoms with Crippen LogP contribution >= 0.6 is 66.3 Å². The summed E-state index contributed by atoms with van der Waals surface area (Å²) in [4.78, 5) is 2.03. The number of allylic oxidation sites excluding steroid dienone is 1. The maximum absolute atomic E-state index is 8.63. The van der Waals surface area contributed by atoms with E-state index in [0.29, 0.717) is 0 Å². The van der Waals surface area contributed by atoms with Gasteiger partial charge in [-0.1, -0.05) is 0 Å². The normalized spacial score (nSPS) is 13.9. The van der Waals surface area contributed by atoms with Gasteiger partial charge >= 0.3 is 0 Å². The molecule has 9 heteroatoms. The molecule has 0 fully saturated rings. The minimum absolute atomic E-state index is 0.221. The fourth-order valence-corrected chi connectivity index (χ4v) is 6.48. The number of nitrogens with one attached hydrogen (secondary N) is 2. The van der Waals surface area contributed by atoms with Crippen LogP contribution in [0.4, 0.5) is 0 Å². The lowest BCUT2D eigenvalue weighted by Crippen LogP contribution is -2.20. The third-order valence-electron chi connectivity index (χ3n) is 4.33. The summed E-state index contributed by atoms with van der Waals surface area (Å²) in [7, 11) is 0. The van der Waals surface area contributed by atoms with Crippen molar-refractivity contribution in [1.82, 2.24) is 8.75 Å². The maximum atomic E-state index is 8.63. The molecule has 1 aliphatic carbocycles. The first kappa shape index (κ1) is 17.6. The van der Waals surface area contributed by atoms with Gasteiger partial charge in [-0.25, -0.2) is 0 Å². The maximum Gasteiger partial charge on any atom is 0.114 e. The largest absolute Gasteiger partial charge is 0.298 e. The first-order chi connectivity index (χ1) is 13.0. The predicted molar refractivity (Wildman–Crippen MR) is 123 cm³/mol. The van der Waals surface area contributed by atoms with Gasteiger partial charge in [-0.05, 0) is 68.3 Å². The summed E-state index contributed by atoms with van der Waals surface area (Å²) in [5, 5.41) is 17.2. The molecule has 0 spiro atoms. The first-order valence-electron chi connectivity index (χ1n) is 7.73. The number of rotatable bonds is 2. The minimum Gasteiger partial charge on any atom is -0.298 e. The number of hydrogen-bond donors (Lipinski definition) is 2. The molecule has 0 unspecified atom stereocenters. The van der Waals surface area contributed by atoms with Crippen molar-refractivity contribution >= 4 is 100 Å². The monoisotopic (exact) mass is 534 g/mol. The Hall–Kier alpha value is -1.52. The Morgan fingerprint density at radius 1 is 0.778 bits per heavy atom. The molecule has 0 bridgehead atoms. The van der Waals surface area contributed by atoms with Crippen molar-refractivity contribution < 1.29 is 0 Å².